The van der Waals surface area contributed by atoms with Gasteiger partial charge in [-0.15, -0.1) is 0 Å². The number of nitrogens with zero attached hydrogens (tertiary/aromatic N) is 2. The Morgan fingerprint density at radius 1 is 1.16 bits per heavy atom. The van der Waals surface area contributed by atoms with Crippen LogP contribution in [0.5, 0.6) is 0 Å². The van der Waals surface area contributed by atoms with Crippen LogP contribution in [-0.4, -0.2) is 36.2 Å². The number of halogens is 1. The molecule has 0 radical (unpaired) electrons. The molecule has 1 amide bonds. The number of hydrogen-bond donors (Lipinski definition) is 0. The Bertz CT molecular complexity index is 804. The number of aliphatic imine (C=N–C) groups is 1. The SMILES string of the molecule is COCCN1C(=O)C(=Cc2ccc(F)cc2)SC1=Nc1ccccc1. The van der Waals surface area contributed by atoms with Gasteiger partial charge in [-0.1, -0.05) is 30.3 Å². The molecule has 3 rings (SSSR count). The van der Waals surface area contributed by atoms with E-state index in [0.29, 0.717) is 23.2 Å². The highest BCUT2D eigenvalue weighted by atomic mass is 32.2. The second-order valence-electron chi connectivity index (χ2n) is 5.34. The molecular weight excluding hydrogens is 339 g/mol. The van der Waals surface area contributed by atoms with Gasteiger partial charge in [0.1, 0.15) is 5.82 Å². The maximum Gasteiger partial charge on any atom is 0.266 e. The molecule has 1 heterocycles. The fraction of sp³-hybridized carbons (Fsp3) is 0.158. The van der Waals surface area contributed by atoms with Crippen molar-refractivity contribution in [1.29, 1.82) is 0 Å². The van der Waals surface area contributed by atoms with Crippen LogP contribution in [0.15, 0.2) is 64.5 Å². The van der Waals surface area contributed by atoms with Crippen molar-refractivity contribution in [2.24, 2.45) is 4.99 Å². The van der Waals surface area contributed by atoms with E-state index in [1.54, 1.807) is 30.2 Å². The number of carbonyl (C=O) groups is 1. The number of amidine groups is 1. The summed E-state index contributed by atoms with van der Waals surface area (Å²) in [5.74, 6) is -0.429. The highest BCUT2D eigenvalue weighted by Crippen LogP contribution is 2.34. The highest BCUT2D eigenvalue weighted by molar-refractivity contribution is 8.18. The van der Waals surface area contributed by atoms with E-state index < -0.39 is 0 Å². The summed E-state index contributed by atoms with van der Waals surface area (Å²) in [5, 5.41) is 0.613. The predicted molar refractivity (Wildman–Crippen MR) is 99.1 cm³/mol. The number of para-hydroxylation sites is 1. The monoisotopic (exact) mass is 356 g/mol. The number of benzene rings is 2. The predicted octanol–water partition coefficient (Wildman–Crippen LogP) is 4.08. The van der Waals surface area contributed by atoms with Gasteiger partial charge >= 0.3 is 0 Å². The second-order valence-corrected chi connectivity index (χ2v) is 6.35. The summed E-state index contributed by atoms with van der Waals surface area (Å²) in [4.78, 5) is 19.4. The number of ether oxygens (including phenoxy) is 1. The maximum atomic E-state index is 13.0. The Morgan fingerprint density at radius 2 is 1.88 bits per heavy atom. The maximum absolute atomic E-state index is 13.0. The van der Waals surface area contributed by atoms with Crippen molar-refractivity contribution >= 4 is 34.6 Å². The molecule has 25 heavy (non-hydrogen) atoms. The summed E-state index contributed by atoms with van der Waals surface area (Å²) in [5.41, 5.74) is 1.55. The zero-order valence-electron chi connectivity index (χ0n) is 13.7. The summed E-state index contributed by atoms with van der Waals surface area (Å²) in [6.45, 7) is 0.846. The van der Waals surface area contributed by atoms with Crippen LogP contribution in [0.2, 0.25) is 0 Å². The molecule has 128 valence electrons. The number of thioether (sulfide) groups is 1. The van der Waals surface area contributed by atoms with Gasteiger partial charge in [0.15, 0.2) is 5.17 Å². The molecule has 0 atom stereocenters. The van der Waals surface area contributed by atoms with Crippen LogP contribution in [0.3, 0.4) is 0 Å². The Hall–Kier alpha value is -2.44. The van der Waals surface area contributed by atoms with E-state index >= 15 is 0 Å². The van der Waals surface area contributed by atoms with Crippen LogP contribution in [-0.2, 0) is 9.53 Å². The van der Waals surface area contributed by atoms with Gasteiger partial charge in [0.25, 0.3) is 5.91 Å². The van der Waals surface area contributed by atoms with Crippen LogP contribution in [0.25, 0.3) is 6.08 Å². The molecule has 0 N–H and O–H groups in total. The molecule has 0 saturated carbocycles. The molecule has 1 fully saturated rings. The topological polar surface area (TPSA) is 41.9 Å². The summed E-state index contributed by atoms with van der Waals surface area (Å²) >= 11 is 1.31. The Morgan fingerprint density at radius 3 is 2.56 bits per heavy atom. The van der Waals surface area contributed by atoms with Crippen molar-refractivity contribution in [1.82, 2.24) is 4.90 Å². The third kappa shape index (κ3) is 4.35. The first-order valence-corrected chi connectivity index (χ1v) is 8.58. The number of hydrogen-bond acceptors (Lipinski definition) is 4. The lowest BCUT2D eigenvalue weighted by atomic mass is 10.2. The van der Waals surface area contributed by atoms with Crippen molar-refractivity contribution in [2.75, 3.05) is 20.3 Å². The molecule has 6 heteroatoms. The minimum absolute atomic E-state index is 0.124. The number of carbonyl (C=O) groups excluding carboxylic acids is 1. The molecular formula is C19H17FN2O2S. The summed E-state index contributed by atoms with van der Waals surface area (Å²) in [6.07, 6.45) is 1.75. The normalized spacial score (nSPS) is 17.7. The lowest BCUT2D eigenvalue weighted by Crippen LogP contribution is -2.32. The molecule has 4 nitrogen and oxygen atoms in total. The van der Waals surface area contributed by atoms with Crippen LogP contribution in [0.1, 0.15) is 5.56 Å². The third-order valence-electron chi connectivity index (χ3n) is 3.56. The molecule has 2 aromatic rings. The first kappa shape index (κ1) is 17.4. The van der Waals surface area contributed by atoms with Gasteiger partial charge in [-0.05, 0) is 47.7 Å². The fourth-order valence-electron chi connectivity index (χ4n) is 2.29. The molecule has 1 aliphatic rings. The molecule has 1 saturated heterocycles. The van der Waals surface area contributed by atoms with Crippen molar-refractivity contribution < 1.29 is 13.9 Å². The van der Waals surface area contributed by atoms with Crippen LogP contribution >= 0.6 is 11.8 Å². The van der Waals surface area contributed by atoms with Gasteiger partial charge < -0.3 is 4.74 Å². The molecule has 1 aliphatic heterocycles. The van der Waals surface area contributed by atoms with Gasteiger partial charge in [0.05, 0.1) is 23.7 Å². The average Bonchev–Trinajstić information content (AvgIpc) is 2.91. The van der Waals surface area contributed by atoms with E-state index in [9.17, 15) is 9.18 Å². The summed E-state index contributed by atoms with van der Waals surface area (Å²) in [7, 11) is 1.59. The molecule has 0 aromatic heterocycles. The minimum Gasteiger partial charge on any atom is -0.383 e. The zero-order chi connectivity index (χ0) is 17.6. The van der Waals surface area contributed by atoms with Gasteiger partial charge in [0.2, 0.25) is 0 Å². The average molecular weight is 356 g/mol. The fourth-order valence-corrected chi connectivity index (χ4v) is 3.32. The smallest absolute Gasteiger partial charge is 0.266 e. The number of rotatable bonds is 5. The van der Waals surface area contributed by atoms with Gasteiger partial charge in [-0.2, -0.15) is 0 Å². The first-order valence-electron chi connectivity index (χ1n) is 7.77. The lowest BCUT2D eigenvalue weighted by Gasteiger charge is -2.14. The summed E-state index contributed by atoms with van der Waals surface area (Å²) in [6, 6.07) is 15.5. The van der Waals surface area contributed by atoms with Crippen molar-refractivity contribution in [3.8, 4) is 0 Å². The van der Waals surface area contributed by atoms with Crippen molar-refractivity contribution in [3.63, 3.8) is 0 Å². The van der Waals surface area contributed by atoms with Crippen molar-refractivity contribution in [2.45, 2.75) is 0 Å². The van der Waals surface area contributed by atoms with E-state index in [-0.39, 0.29) is 11.7 Å². The van der Waals surface area contributed by atoms with Gasteiger partial charge in [0, 0.05) is 7.11 Å². The van der Waals surface area contributed by atoms with E-state index in [4.69, 9.17) is 4.74 Å². The van der Waals surface area contributed by atoms with Gasteiger partial charge in [-0.25, -0.2) is 9.38 Å². The molecule has 0 spiro atoms. The van der Waals surface area contributed by atoms with Gasteiger partial charge in [-0.3, -0.25) is 9.69 Å². The molecule has 0 unspecified atom stereocenters. The quantitative estimate of drug-likeness (QED) is 0.758. The van der Waals surface area contributed by atoms with Crippen LogP contribution in [0, 0.1) is 5.82 Å². The standard InChI is InChI=1S/C19H17FN2O2S/c1-24-12-11-22-18(23)17(13-14-7-9-15(20)10-8-14)25-19(22)21-16-5-3-2-4-6-16/h2-10,13H,11-12H2,1H3. The molecule has 2 aromatic carbocycles. The Kier molecular flexibility index (Phi) is 5.63. The largest absolute Gasteiger partial charge is 0.383 e. The van der Waals surface area contributed by atoms with Crippen LogP contribution in [0.4, 0.5) is 10.1 Å². The van der Waals surface area contributed by atoms with E-state index in [1.807, 2.05) is 30.3 Å². The van der Waals surface area contributed by atoms with E-state index in [1.165, 1.54) is 23.9 Å². The Balaban J connectivity index is 1.90. The minimum atomic E-state index is -0.305. The molecule has 0 bridgehead atoms. The number of methoxy groups -OCH3 is 1. The summed E-state index contributed by atoms with van der Waals surface area (Å²) < 4.78 is 18.1. The third-order valence-corrected chi connectivity index (χ3v) is 4.56. The van der Waals surface area contributed by atoms with Crippen molar-refractivity contribution in [3.05, 3.63) is 70.9 Å². The second kappa shape index (κ2) is 8.09. The van der Waals surface area contributed by atoms with E-state index in [0.717, 1.165) is 11.3 Å². The zero-order valence-corrected chi connectivity index (χ0v) is 14.5. The first-order chi connectivity index (χ1) is 12.2. The highest BCUT2D eigenvalue weighted by Gasteiger charge is 2.33. The lowest BCUT2D eigenvalue weighted by molar-refractivity contribution is -0.122. The Labute approximate surface area is 150 Å². The number of amides is 1. The molecule has 0 aliphatic carbocycles. The van der Waals surface area contributed by atoms with E-state index in [2.05, 4.69) is 4.99 Å². The van der Waals surface area contributed by atoms with Crippen LogP contribution < -0.4 is 0 Å².